The molecular weight excluding hydrogens is 451 g/mol. The lowest BCUT2D eigenvalue weighted by Gasteiger charge is -2.22. The van der Waals surface area contributed by atoms with Gasteiger partial charge in [-0.1, -0.05) is 72.6 Å². The van der Waals surface area contributed by atoms with Gasteiger partial charge in [-0.25, -0.2) is 0 Å². The van der Waals surface area contributed by atoms with Crippen molar-refractivity contribution in [3.8, 4) is 0 Å². The number of carbonyl (C=O) groups excluding carboxylic acids is 1. The topological polar surface area (TPSA) is 59.8 Å². The van der Waals surface area contributed by atoms with Gasteiger partial charge in [0.15, 0.2) is 11.0 Å². The van der Waals surface area contributed by atoms with E-state index in [2.05, 4.69) is 40.9 Å². The number of halogens is 2. The van der Waals surface area contributed by atoms with E-state index < -0.39 is 0 Å². The molecule has 3 aromatic rings. The fraction of sp³-hybridized carbons (Fsp3) is 0.348. The Labute approximate surface area is 197 Å². The third-order valence-electron chi connectivity index (χ3n) is 4.96. The molecule has 2 aromatic carbocycles. The van der Waals surface area contributed by atoms with Crippen molar-refractivity contribution in [3.05, 3.63) is 75.0 Å². The monoisotopic (exact) mass is 476 g/mol. The lowest BCUT2D eigenvalue weighted by molar-refractivity contribution is 0.0922. The molecule has 1 amide bonds. The molecule has 1 aromatic heterocycles. The van der Waals surface area contributed by atoms with Gasteiger partial charge in [-0.15, -0.1) is 10.2 Å². The van der Waals surface area contributed by atoms with Gasteiger partial charge in [-0.05, 0) is 49.6 Å². The number of benzene rings is 2. The molecule has 8 heteroatoms. The predicted molar refractivity (Wildman–Crippen MR) is 128 cm³/mol. The molecule has 0 aliphatic rings. The Morgan fingerprint density at radius 1 is 1.10 bits per heavy atom. The zero-order chi connectivity index (χ0) is 22.5. The van der Waals surface area contributed by atoms with Crippen molar-refractivity contribution in [2.45, 2.75) is 51.2 Å². The second-order valence-corrected chi connectivity index (χ2v) is 9.44. The molecule has 0 aliphatic heterocycles. The summed E-state index contributed by atoms with van der Waals surface area (Å²) in [6.07, 6.45) is 0. The van der Waals surface area contributed by atoms with E-state index in [-0.39, 0.29) is 17.9 Å². The maximum Gasteiger partial charge on any atom is 0.251 e. The number of aromatic nitrogens is 3. The van der Waals surface area contributed by atoms with Crippen LogP contribution in [0.15, 0.2) is 47.6 Å². The van der Waals surface area contributed by atoms with Gasteiger partial charge in [-0.3, -0.25) is 4.79 Å². The summed E-state index contributed by atoms with van der Waals surface area (Å²) < 4.78 is 2.06. The van der Waals surface area contributed by atoms with Gasteiger partial charge in [0.25, 0.3) is 5.91 Å². The van der Waals surface area contributed by atoms with Crippen molar-refractivity contribution in [1.82, 2.24) is 20.1 Å². The van der Waals surface area contributed by atoms with E-state index in [1.54, 1.807) is 17.8 Å². The zero-order valence-corrected chi connectivity index (χ0v) is 20.4. The van der Waals surface area contributed by atoms with Gasteiger partial charge in [0, 0.05) is 17.9 Å². The number of hydrogen-bond donors (Lipinski definition) is 1. The first-order valence-electron chi connectivity index (χ1n) is 10.2. The Hall–Kier alpha value is -2.02. The van der Waals surface area contributed by atoms with E-state index in [1.165, 1.54) is 0 Å². The minimum Gasteiger partial charge on any atom is -0.342 e. The van der Waals surface area contributed by atoms with Crippen LogP contribution in [0, 0.1) is 12.8 Å². The van der Waals surface area contributed by atoms with E-state index >= 15 is 0 Å². The molecule has 1 N–H and O–H groups in total. The van der Waals surface area contributed by atoms with Crippen LogP contribution in [-0.4, -0.2) is 20.7 Å². The maximum atomic E-state index is 12.8. The molecule has 0 saturated carbocycles. The van der Waals surface area contributed by atoms with E-state index in [4.69, 9.17) is 23.2 Å². The van der Waals surface area contributed by atoms with Crippen molar-refractivity contribution < 1.29 is 4.79 Å². The summed E-state index contributed by atoms with van der Waals surface area (Å²) in [4.78, 5) is 12.8. The van der Waals surface area contributed by atoms with Gasteiger partial charge in [0.05, 0.1) is 16.1 Å². The van der Waals surface area contributed by atoms with Crippen LogP contribution in [0.1, 0.15) is 54.1 Å². The molecule has 0 bridgehead atoms. The summed E-state index contributed by atoms with van der Waals surface area (Å²) in [6.45, 7) is 8.89. The van der Waals surface area contributed by atoms with Crippen LogP contribution in [0.25, 0.3) is 0 Å². The average Bonchev–Trinajstić information content (AvgIpc) is 3.15. The Balaban J connectivity index is 1.79. The minimum atomic E-state index is -0.249. The number of nitrogens with zero attached hydrogens (tertiary/aromatic N) is 3. The van der Waals surface area contributed by atoms with Gasteiger partial charge in [0.1, 0.15) is 0 Å². The smallest absolute Gasteiger partial charge is 0.251 e. The molecule has 1 heterocycles. The summed E-state index contributed by atoms with van der Waals surface area (Å²) in [7, 11) is 0. The van der Waals surface area contributed by atoms with Crippen LogP contribution in [0.2, 0.25) is 10.0 Å². The molecule has 0 aliphatic carbocycles. The first-order chi connectivity index (χ1) is 14.8. The standard InChI is InChI=1S/C23H26Cl2N4OS/c1-5-29-21(20(14(2)3)26-22(30)17-9-6-15(4)7-10-17)27-28-23(29)31-13-16-8-11-18(24)19(25)12-16/h6-12,14,20H,5,13H2,1-4H3,(H,26,30). The van der Waals surface area contributed by atoms with Crippen LogP contribution in [0.4, 0.5) is 0 Å². The van der Waals surface area contributed by atoms with Gasteiger partial charge < -0.3 is 9.88 Å². The van der Waals surface area contributed by atoms with Gasteiger partial charge in [0.2, 0.25) is 0 Å². The first-order valence-corrected chi connectivity index (χ1v) is 11.9. The minimum absolute atomic E-state index is 0.116. The summed E-state index contributed by atoms with van der Waals surface area (Å²) in [5.41, 5.74) is 2.80. The molecule has 0 spiro atoms. The van der Waals surface area contributed by atoms with Gasteiger partial charge >= 0.3 is 0 Å². The van der Waals surface area contributed by atoms with Crippen molar-refractivity contribution >= 4 is 40.9 Å². The second kappa shape index (κ2) is 10.5. The normalized spacial score (nSPS) is 12.2. The summed E-state index contributed by atoms with van der Waals surface area (Å²) in [5, 5.41) is 13.9. The quantitative estimate of drug-likeness (QED) is 0.385. The van der Waals surface area contributed by atoms with Crippen molar-refractivity contribution in [2.24, 2.45) is 5.92 Å². The van der Waals surface area contributed by atoms with Crippen molar-refractivity contribution in [1.29, 1.82) is 0 Å². The highest BCUT2D eigenvalue weighted by Gasteiger charge is 2.26. The average molecular weight is 477 g/mol. The van der Waals surface area contributed by atoms with Gasteiger partial charge in [-0.2, -0.15) is 0 Å². The van der Waals surface area contributed by atoms with Crippen LogP contribution in [0.5, 0.6) is 0 Å². The Bertz CT molecular complexity index is 1050. The molecule has 0 saturated heterocycles. The first kappa shape index (κ1) is 23.6. The fourth-order valence-corrected chi connectivity index (χ4v) is 4.44. The Kier molecular flexibility index (Phi) is 8.03. The maximum absolute atomic E-state index is 12.8. The van der Waals surface area contributed by atoms with Crippen molar-refractivity contribution in [2.75, 3.05) is 0 Å². The molecule has 164 valence electrons. The summed E-state index contributed by atoms with van der Waals surface area (Å²) in [6, 6.07) is 12.9. The lowest BCUT2D eigenvalue weighted by Crippen LogP contribution is -2.33. The van der Waals surface area contributed by atoms with Crippen LogP contribution in [0.3, 0.4) is 0 Å². The second-order valence-electron chi connectivity index (χ2n) is 7.68. The zero-order valence-electron chi connectivity index (χ0n) is 18.0. The summed E-state index contributed by atoms with van der Waals surface area (Å²) in [5.74, 6) is 1.48. The van der Waals surface area contributed by atoms with E-state index in [9.17, 15) is 4.79 Å². The summed E-state index contributed by atoms with van der Waals surface area (Å²) >= 11 is 13.7. The van der Waals surface area contributed by atoms with E-state index in [0.29, 0.717) is 27.9 Å². The molecule has 0 fully saturated rings. The molecule has 31 heavy (non-hydrogen) atoms. The largest absolute Gasteiger partial charge is 0.342 e. The number of carbonyl (C=O) groups is 1. The van der Waals surface area contributed by atoms with Crippen LogP contribution in [-0.2, 0) is 12.3 Å². The van der Waals surface area contributed by atoms with Crippen LogP contribution < -0.4 is 5.32 Å². The Morgan fingerprint density at radius 2 is 1.81 bits per heavy atom. The molecular formula is C23H26Cl2N4OS. The molecule has 5 nitrogen and oxygen atoms in total. The van der Waals surface area contributed by atoms with E-state index in [1.807, 2.05) is 43.3 Å². The number of nitrogens with one attached hydrogen (secondary N) is 1. The highest BCUT2D eigenvalue weighted by Crippen LogP contribution is 2.29. The predicted octanol–water partition coefficient (Wildman–Crippen LogP) is 6.33. The molecule has 0 radical (unpaired) electrons. The lowest BCUT2D eigenvalue weighted by atomic mass is 10.0. The van der Waals surface area contributed by atoms with Crippen molar-refractivity contribution in [3.63, 3.8) is 0 Å². The fourth-order valence-electron chi connectivity index (χ4n) is 3.17. The highest BCUT2D eigenvalue weighted by atomic mass is 35.5. The third-order valence-corrected chi connectivity index (χ3v) is 6.74. The Morgan fingerprint density at radius 3 is 2.42 bits per heavy atom. The van der Waals surface area contributed by atoms with Crippen LogP contribution >= 0.6 is 35.0 Å². The molecule has 1 unspecified atom stereocenters. The number of rotatable bonds is 8. The number of hydrogen-bond acceptors (Lipinski definition) is 4. The number of aryl methyl sites for hydroxylation is 1. The SMILES string of the molecule is CCn1c(SCc2ccc(Cl)c(Cl)c2)nnc1C(NC(=O)c1ccc(C)cc1)C(C)C. The number of amides is 1. The highest BCUT2D eigenvalue weighted by molar-refractivity contribution is 7.98. The molecule has 1 atom stereocenters. The van der Waals surface area contributed by atoms with E-state index in [0.717, 1.165) is 22.1 Å². The third kappa shape index (κ3) is 5.82. The molecule has 3 rings (SSSR count). The number of thioether (sulfide) groups is 1.